The molecular formula is C35H39F2N7O4. The zero-order valence-electron chi connectivity index (χ0n) is 27.3. The van der Waals surface area contributed by atoms with Gasteiger partial charge in [-0.05, 0) is 42.4 Å². The fourth-order valence-electron chi connectivity index (χ4n) is 7.23. The normalized spacial score (nSPS) is 20.2. The molecule has 2 fully saturated rings. The number of ether oxygens (including phenoxy) is 2. The third-order valence-corrected chi connectivity index (χ3v) is 9.75. The summed E-state index contributed by atoms with van der Waals surface area (Å²) < 4.78 is 41.4. The van der Waals surface area contributed by atoms with E-state index in [1.54, 1.807) is 24.4 Å². The number of likely N-dealkylation sites (tertiary alicyclic amines) is 1. The number of nitrogens with two attached hydrogens (primary N) is 1. The monoisotopic (exact) mass is 659 g/mol. The number of anilines is 1. The second kappa shape index (κ2) is 12.8. The average Bonchev–Trinajstić information content (AvgIpc) is 3.44. The fourth-order valence-corrected chi connectivity index (χ4v) is 7.23. The van der Waals surface area contributed by atoms with Gasteiger partial charge in [0.25, 0.3) is 11.8 Å². The van der Waals surface area contributed by atoms with Gasteiger partial charge in [-0.2, -0.15) is 5.10 Å². The lowest BCUT2D eigenvalue weighted by atomic mass is 9.88. The Morgan fingerprint density at radius 1 is 1.15 bits per heavy atom. The van der Waals surface area contributed by atoms with Gasteiger partial charge in [-0.15, -0.1) is 0 Å². The molecular weight excluding hydrogens is 620 g/mol. The smallest absolute Gasteiger partial charge is 0.265 e. The van der Waals surface area contributed by atoms with Crippen LogP contribution in [0, 0.1) is 23.5 Å². The number of nitrogens with zero attached hydrogens (tertiary/aromatic N) is 6. The van der Waals surface area contributed by atoms with Crippen LogP contribution in [0.4, 0.5) is 14.5 Å². The van der Waals surface area contributed by atoms with Crippen LogP contribution in [0.3, 0.4) is 0 Å². The summed E-state index contributed by atoms with van der Waals surface area (Å²) in [5.41, 5.74) is 9.29. The highest BCUT2D eigenvalue weighted by Gasteiger charge is 2.37. The molecule has 0 radical (unpaired) electrons. The molecule has 13 heteroatoms. The van der Waals surface area contributed by atoms with E-state index in [4.69, 9.17) is 25.3 Å². The first-order chi connectivity index (χ1) is 23.1. The summed E-state index contributed by atoms with van der Waals surface area (Å²) >= 11 is 0. The fraction of sp³-hybridized carbons (Fsp3) is 0.457. The molecule has 3 aromatic heterocycles. The van der Waals surface area contributed by atoms with Gasteiger partial charge in [0.05, 0.1) is 66.9 Å². The Balaban J connectivity index is 1.32. The molecule has 1 aromatic carbocycles. The second-order valence-electron chi connectivity index (χ2n) is 13.3. The van der Waals surface area contributed by atoms with Crippen LogP contribution in [0.2, 0.25) is 0 Å². The number of carbonyl (C=O) groups excluding carboxylic acids is 2. The van der Waals surface area contributed by atoms with Gasteiger partial charge in [0.2, 0.25) is 0 Å². The standard InChI is InChI=1S/C35H39F2N7O4/c1-4-20-14-42(23-16-47-17-23)8-7-28(20)44-35-24(13-40-44)32(33(34(38)46)26(41-35)9-19(2)3)21-5-6-29-30(10-21)48-18-31(45)43(29)15-27-25(37)11-22(36)12-39-27/h5-6,10-13,19-20,23,28H,4,7-9,14-18H2,1-3H3,(H2,38,46)/t20-,28-/m1/s1. The SMILES string of the molecule is CC[C@@H]1CN(C2COC2)CC[C@H]1n1ncc2c(-c3ccc4c(c3)OCC(=O)N4Cc3ncc(F)cc3F)c(C(N)=O)c(CC(C)C)nc21. The summed E-state index contributed by atoms with van der Waals surface area (Å²) in [6.45, 7) is 9.31. The molecule has 2 atom stereocenters. The Morgan fingerprint density at radius 2 is 1.96 bits per heavy atom. The van der Waals surface area contributed by atoms with E-state index in [-0.39, 0.29) is 30.8 Å². The van der Waals surface area contributed by atoms with Gasteiger partial charge in [-0.25, -0.2) is 18.4 Å². The first-order valence-electron chi connectivity index (χ1n) is 16.5. The van der Waals surface area contributed by atoms with E-state index in [9.17, 15) is 18.4 Å². The maximum absolute atomic E-state index is 14.5. The van der Waals surface area contributed by atoms with Crippen LogP contribution >= 0.6 is 0 Å². The number of halogens is 2. The van der Waals surface area contributed by atoms with Crippen LogP contribution in [0.15, 0.2) is 36.7 Å². The highest BCUT2D eigenvalue weighted by molar-refractivity contribution is 6.09. The number of fused-ring (bicyclic) bond motifs is 2. The number of benzene rings is 1. The number of carbonyl (C=O) groups is 2. The lowest BCUT2D eigenvalue weighted by Gasteiger charge is -2.44. The van der Waals surface area contributed by atoms with Gasteiger partial charge >= 0.3 is 0 Å². The van der Waals surface area contributed by atoms with E-state index in [0.717, 1.165) is 51.4 Å². The number of amides is 2. The summed E-state index contributed by atoms with van der Waals surface area (Å²) in [5.74, 6) is -1.72. The van der Waals surface area contributed by atoms with Crippen molar-refractivity contribution in [1.82, 2.24) is 24.6 Å². The number of aromatic nitrogens is 4. The quantitative estimate of drug-likeness (QED) is 0.275. The van der Waals surface area contributed by atoms with Gasteiger partial charge < -0.3 is 15.2 Å². The highest BCUT2D eigenvalue weighted by Crippen LogP contribution is 2.42. The topological polar surface area (TPSA) is 129 Å². The number of pyridine rings is 2. The molecule has 11 nitrogen and oxygen atoms in total. The first-order valence-corrected chi connectivity index (χ1v) is 16.5. The number of hydrogen-bond acceptors (Lipinski definition) is 8. The Kier molecular flexibility index (Phi) is 8.58. The van der Waals surface area contributed by atoms with Crippen LogP contribution in [-0.2, 0) is 22.5 Å². The van der Waals surface area contributed by atoms with Crippen molar-refractivity contribution in [2.75, 3.05) is 37.8 Å². The van der Waals surface area contributed by atoms with Crippen molar-refractivity contribution in [3.63, 3.8) is 0 Å². The summed E-state index contributed by atoms with van der Waals surface area (Å²) in [6.07, 6.45) is 5.11. The van der Waals surface area contributed by atoms with E-state index in [0.29, 0.717) is 63.2 Å². The molecule has 7 rings (SSSR count). The molecule has 3 aliphatic heterocycles. The van der Waals surface area contributed by atoms with Gasteiger partial charge in [0.1, 0.15) is 17.4 Å². The van der Waals surface area contributed by atoms with Crippen molar-refractivity contribution in [2.24, 2.45) is 17.6 Å². The Bertz CT molecular complexity index is 1890. The van der Waals surface area contributed by atoms with Crippen LogP contribution in [0.1, 0.15) is 61.4 Å². The van der Waals surface area contributed by atoms with Crippen molar-refractivity contribution in [3.05, 3.63) is 65.2 Å². The third-order valence-electron chi connectivity index (χ3n) is 9.75. The predicted octanol–water partition coefficient (Wildman–Crippen LogP) is 4.67. The van der Waals surface area contributed by atoms with Gasteiger partial charge in [0.15, 0.2) is 12.3 Å². The predicted molar refractivity (Wildman–Crippen MR) is 174 cm³/mol. The molecule has 6 heterocycles. The van der Waals surface area contributed by atoms with Crippen molar-refractivity contribution in [3.8, 4) is 16.9 Å². The molecule has 0 saturated carbocycles. The molecule has 252 valence electrons. The summed E-state index contributed by atoms with van der Waals surface area (Å²) in [5, 5.41) is 5.60. The van der Waals surface area contributed by atoms with Crippen molar-refractivity contribution in [2.45, 2.75) is 58.7 Å². The summed E-state index contributed by atoms with van der Waals surface area (Å²) in [4.78, 5) is 39.0. The zero-order valence-corrected chi connectivity index (χ0v) is 27.3. The van der Waals surface area contributed by atoms with Crippen molar-refractivity contribution < 1.29 is 27.8 Å². The summed E-state index contributed by atoms with van der Waals surface area (Å²) in [7, 11) is 0. The van der Waals surface area contributed by atoms with Gasteiger partial charge in [0, 0.05) is 30.1 Å². The molecule has 0 bridgehead atoms. The summed E-state index contributed by atoms with van der Waals surface area (Å²) in [6, 6.07) is 6.58. The van der Waals surface area contributed by atoms with E-state index >= 15 is 0 Å². The molecule has 3 aliphatic rings. The molecule has 2 saturated heterocycles. The van der Waals surface area contributed by atoms with E-state index in [2.05, 4.69) is 30.7 Å². The molecule has 4 aromatic rings. The third kappa shape index (κ3) is 5.79. The Labute approximate surface area is 277 Å². The van der Waals surface area contributed by atoms with Gasteiger partial charge in [-0.3, -0.25) is 24.4 Å². The average molecular weight is 660 g/mol. The maximum atomic E-state index is 14.5. The Morgan fingerprint density at radius 3 is 2.65 bits per heavy atom. The van der Waals surface area contributed by atoms with Gasteiger partial charge in [-0.1, -0.05) is 33.3 Å². The number of hydrogen-bond donors (Lipinski definition) is 1. The minimum absolute atomic E-state index is 0.0727. The Hall–Kier alpha value is -4.49. The molecule has 2 amide bonds. The molecule has 0 unspecified atom stereocenters. The zero-order chi connectivity index (χ0) is 33.7. The maximum Gasteiger partial charge on any atom is 0.265 e. The van der Waals surface area contributed by atoms with E-state index < -0.39 is 23.4 Å². The number of rotatable bonds is 9. The van der Waals surface area contributed by atoms with Crippen LogP contribution < -0.4 is 15.4 Å². The minimum Gasteiger partial charge on any atom is -0.482 e. The molecule has 0 aliphatic carbocycles. The number of primary amides is 1. The highest BCUT2D eigenvalue weighted by atomic mass is 19.1. The van der Waals surface area contributed by atoms with E-state index in [1.807, 2.05) is 4.68 Å². The lowest BCUT2D eigenvalue weighted by Crippen LogP contribution is -2.54. The van der Waals surface area contributed by atoms with Crippen LogP contribution in [0.5, 0.6) is 5.75 Å². The molecule has 48 heavy (non-hydrogen) atoms. The first kappa shape index (κ1) is 32.1. The van der Waals surface area contributed by atoms with Crippen molar-refractivity contribution in [1.29, 1.82) is 0 Å². The number of piperidine rings is 1. The minimum atomic E-state index is -0.847. The van der Waals surface area contributed by atoms with Crippen LogP contribution in [-0.4, -0.2) is 75.4 Å². The lowest BCUT2D eigenvalue weighted by molar-refractivity contribution is -0.121. The molecule has 2 N–H and O–H groups in total. The molecule has 0 spiro atoms. The van der Waals surface area contributed by atoms with Crippen molar-refractivity contribution >= 4 is 28.5 Å². The largest absolute Gasteiger partial charge is 0.482 e. The second-order valence-corrected chi connectivity index (χ2v) is 13.3. The van der Waals surface area contributed by atoms with E-state index in [1.165, 1.54) is 4.90 Å². The van der Waals surface area contributed by atoms with Crippen LogP contribution in [0.25, 0.3) is 22.2 Å².